The summed E-state index contributed by atoms with van der Waals surface area (Å²) in [6.07, 6.45) is 10.8. The summed E-state index contributed by atoms with van der Waals surface area (Å²) in [6, 6.07) is 9.57. The number of carbonyl (C=O) groups is 1. The summed E-state index contributed by atoms with van der Waals surface area (Å²) in [6.45, 7) is 3.13. The number of piperidine rings is 1. The maximum absolute atomic E-state index is 12.6. The van der Waals surface area contributed by atoms with Gasteiger partial charge in [0.2, 0.25) is 5.91 Å². The van der Waals surface area contributed by atoms with Crippen molar-refractivity contribution >= 4 is 18.3 Å². The molecule has 0 spiro atoms. The second-order valence-electron chi connectivity index (χ2n) is 7.85. The lowest BCUT2D eigenvalue weighted by Gasteiger charge is -2.48. The zero-order valence-corrected chi connectivity index (χ0v) is 16.6. The molecule has 5 heteroatoms. The van der Waals surface area contributed by atoms with Crippen LogP contribution in [0.5, 0.6) is 0 Å². The van der Waals surface area contributed by atoms with Crippen LogP contribution in [0.15, 0.2) is 30.3 Å². The van der Waals surface area contributed by atoms with E-state index in [1.165, 1.54) is 64.5 Å². The fraction of sp³-hybridized carbons (Fsp3) is 0.667. The molecule has 1 saturated carbocycles. The van der Waals surface area contributed by atoms with Gasteiger partial charge in [0.1, 0.15) is 0 Å². The highest BCUT2D eigenvalue weighted by molar-refractivity contribution is 5.85. The summed E-state index contributed by atoms with van der Waals surface area (Å²) in [5, 5.41) is 3.20. The molecule has 1 aliphatic heterocycles. The molecule has 1 saturated heterocycles. The second-order valence-corrected chi connectivity index (χ2v) is 7.85. The Morgan fingerprint density at radius 1 is 1.04 bits per heavy atom. The van der Waals surface area contributed by atoms with Crippen LogP contribution in [0.1, 0.15) is 56.9 Å². The Hall–Kier alpha value is -1.10. The highest BCUT2D eigenvalue weighted by Crippen LogP contribution is 2.35. The molecule has 4 nitrogen and oxygen atoms in total. The zero-order valence-electron chi connectivity index (χ0n) is 15.8. The zero-order chi connectivity index (χ0) is 17.5. The van der Waals surface area contributed by atoms with Gasteiger partial charge in [0.15, 0.2) is 0 Å². The number of nitrogens with zero attached hydrogens (tertiary/aromatic N) is 1. The minimum Gasteiger partial charge on any atom is -0.353 e. The van der Waals surface area contributed by atoms with Gasteiger partial charge in [-0.25, -0.2) is 0 Å². The van der Waals surface area contributed by atoms with E-state index in [1.807, 2.05) is 30.3 Å². The molecule has 2 aliphatic rings. The van der Waals surface area contributed by atoms with Crippen LogP contribution in [0.2, 0.25) is 0 Å². The van der Waals surface area contributed by atoms with E-state index in [0.717, 1.165) is 12.1 Å². The lowest BCUT2D eigenvalue weighted by Crippen LogP contribution is -2.59. The number of halogens is 1. The van der Waals surface area contributed by atoms with Gasteiger partial charge in [0.25, 0.3) is 0 Å². The topological polar surface area (TPSA) is 58.4 Å². The van der Waals surface area contributed by atoms with Gasteiger partial charge >= 0.3 is 0 Å². The first-order chi connectivity index (χ1) is 12.2. The van der Waals surface area contributed by atoms with E-state index in [1.54, 1.807) is 0 Å². The number of rotatable bonds is 6. The van der Waals surface area contributed by atoms with E-state index in [0.29, 0.717) is 6.42 Å². The summed E-state index contributed by atoms with van der Waals surface area (Å²) in [5.41, 5.74) is 7.45. The Morgan fingerprint density at radius 2 is 1.65 bits per heavy atom. The van der Waals surface area contributed by atoms with Crippen LogP contribution >= 0.6 is 12.4 Å². The minimum atomic E-state index is -0.468. The fourth-order valence-electron chi connectivity index (χ4n) is 4.53. The number of carbonyl (C=O) groups excluding carboxylic acids is 1. The van der Waals surface area contributed by atoms with Crippen LogP contribution in [0.3, 0.4) is 0 Å². The number of nitrogens with two attached hydrogens (primary N) is 1. The molecule has 1 aliphatic carbocycles. The van der Waals surface area contributed by atoms with E-state index in [-0.39, 0.29) is 23.9 Å². The SMILES string of the molecule is Cl.N[C@@H](Cc1ccccc1)C(=O)NCC1(N2CCCCC2)CCCCC1. The molecule has 0 bridgehead atoms. The quantitative estimate of drug-likeness (QED) is 0.797. The lowest BCUT2D eigenvalue weighted by atomic mass is 9.79. The summed E-state index contributed by atoms with van der Waals surface area (Å²) < 4.78 is 0. The lowest BCUT2D eigenvalue weighted by molar-refractivity contribution is -0.123. The molecule has 2 fully saturated rings. The number of amides is 1. The van der Waals surface area contributed by atoms with Crippen LogP contribution in [-0.2, 0) is 11.2 Å². The third kappa shape index (κ3) is 5.45. The molecule has 3 N–H and O–H groups in total. The standard InChI is InChI=1S/C21H33N3O.ClH/c22-19(16-18-10-4-1-5-11-18)20(25)23-17-21(12-6-2-7-13-21)24-14-8-3-9-15-24;/h1,4-5,10-11,19H,2-3,6-9,12-17,22H2,(H,23,25);1H/t19-;/m0./s1. The van der Waals surface area contributed by atoms with Crippen molar-refractivity contribution in [1.82, 2.24) is 10.2 Å². The maximum atomic E-state index is 12.6. The number of nitrogens with one attached hydrogen (secondary N) is 1. The number of benzene rings is 1. The van der Waals surface area contributed by atoms with Gasteiger partial charge in [-0.2, -0.15) is 0 Å². The van der Waals surface area contributed by atoms with E-state index in [2.05, 4.69) is 10.2 Å². The first-order valence-electron chi connectivity index (χ1n) is 10.0. The molecule has 0 radical (unpaired) electrons. The molecule has 26 heavy (non-hydrogen) atoms. The molecule has 0 aromatic heterocycles. The number of hydrogen-bond acceptors (Lipinski definition) is 3. The van der Waals surface area contributed by atoms with Gasteiger partial charge < -0.3 is 11.1 Å². The van der Waals surface area contributed by atoms with Gasteiger partial charge in [-0.15, -0.1) is 12.4 Å². The Labute approximate surface area is 164 Å². The number of likely N-dealkylation sites (tertiary alicyclic amines) is 1. The minimum absolute atomic E-state index is 0. The van der Waals surface area contributed by atoms with Crippen molar-refractivity contribution < 1.29 is 4.79 Å². The van der Waals surface area contributed by atoms with Crippen molar-refractivity contribution in [3.8, 4) is 0 Å². The van der Waals surface area contributed by atoms with Crippen LogP contribution in [0, 0.1) is 0 Å². The van der Waals surface area contributed by atoms with Crippen molar-refractivity contribution in [3.05, 3.63) is 35.9 Å². The summed E-state index contributed by atoms with van der Waals surface area (Å²) in [4.78, 5) is 15.2. The van der Waals surface area contributed by atoms with Crippen LogP contribution in [-0.4, -0.2) is 42.0 Å². The maximum Gasteiger partial charge on any atom is 0.237 e. The van der Waals surface area contributed by atoms with Gasteiger partial charge in [-0.05, 0) is 50.8 Å². The van der Waals surface area contributed by atoms with Crippen LogP contribution < -0.4 is 11.1 Å². The van der Waals surface area contributed by atoms with Gasteiger partial charge in [0.05, 0.1) is 6.04 Å². The highest BCUT2D eigenvalue weighted by Gasteiger charge is 2.38. The normalized spacial score (nSPS) is 21.4. The van der Waals surface area contributed by atoms with Gasteiger partial charge in [-0.1, -0.05) is 56.0 Å². The predicted octanol–water partition coefficient (Wildman–Crippen LogP) is 3.28. The Balaban J connectivity index is 0.00000243. The van der Waals surface area contributed by atoms with Crippen molar-refractivity contribution in [2.45, 2.75) is 69.4 Å². The monoisotopic (exact) mass is 379 g/mol. The van der Waals surface area contributed by atoms with E-state index in [9.17, 15) is 4.79 Å². The Bertz CT molecular complexity index is 539. The largest absolute Gasteiger partial charge is 0.353 e. The average Bonchev–Trinajstić information content (AvgIpc) is 2.68. The summed E-state index contributed by atoms with van der Waals surface area (Å²) in [7, 11) is 0. The molecule has 1 aromatic carbocycles. The average molecular weight is 380 g/mol. The summed E-state index contributed by atoms with van der Waals surface area (Å²) in [5.74, 6) is -0.00851. The predicted molar refractivity (Wildman–Crippen MR) is 110 cm³/mol. The van der Waals surface area contributed by atoms with Gasteiger partial charge in [0, 0.05) is 12.1 Å². The fourth-order valence-corrected chi connectivity index (χ4v) is 4.53. The highest BCUT2D eigenvalue weighted by atomic mass is 35.5. The molecule has 1 heterocycles. The third-order valence-electron chi connectivity index (χ3n) is 6.04. The molecule has 1 atom stereocenters. The van der Waals surface area contributed by atoms with E-state index >= 15 is 0 Å². The molecule has 3 rings (SSSR count). The molecule has 146 valence electrons. The summed E-state index contributed by atoms with van der Waals surface area (Å²) >= 11 is 0. The molecule has 1 aromatic rings. The molecular weight excluding hydrogens is 346 g/mol. The van der Waals surface area contributed by atoms with Crippen molar-refractivity contribution in [2.24, 2.45) is 5.73 Å². The Morgan fingerprint density at radius 3 is 2.31 bits per heavy atom. The van der Waals surface area contributed by atoms with Crippen LogP contribution in [0.4, 0.5) is 0 Å². The van der Waals surface area contributed by atoms with E-state index < -0.39 is 6.04 Å². The molecular formula is C21H34ClN3O. The smallest absolute Gasteiger partial charge is 0.237 e. The van der Waals surface area contributed by atoms with Crippen molar-refractivity contribution in [3.63, 3.8) is 0 Å². The molecule has 1 amide bonds. The first kappa shape index (κ1) is 21.2. The second kappa shape index (κ2) is 10.3. The Kier molecular flexibility index (Phi) is 8.39. The van der Waals surface area contributed by atoms with Crippen LogP contribution in [0.25, 0.3) is 0 Å². The van der Waals surface area contributed by atoms with Gasteiger partial charge in [-0.3, -0.25) is 9.69 Å². The van der Waals surface area contributed by atoms with Crippen molar-refractivity contribution in [2.75, 3.05) is 19.6 Å². The van der Waals surface area contributed by atoms with Crippen molar-refractivity contribution in [1.29, 1.82) is 0 Å². The first-order valence-corrected chi connectivity index (χ1v) is 10.0. The molecule has 0 unspecified atom stereocenters. The number of hydrogen-bond donors (Lipinski definition) is 2. The van der Waals surface area contributed by atoms with E-state index in [4.69, 9.17) is 5.73 Å². The third-order valence-corrected chi connectivity index (χ3v) is 6.04.